The Labute approximate surface area is 92.0 Å². The number of hydrogen-bond donors (Lipinski definition) is 2. The quantitative estimate of drug-likeness (QED) is 0.731. The Bertz CT molecular complexity index is 373. The van der Waals surface area contributed by atoms with Crippen molar-refractivity contribution in [1.29, 1.82) is 0 Å². The average Bonchev–Trinajstić information content (AvgIpc) is 2.64. The summed E-state index contributed by atoms with van der Waals surface area (Å²) in [5.41, 5.74) is 2.60. The highest BCUT2D eigenvalue weighted by atomic mass is 32.1. The number of carbonyl (C=O) groups is 2. The molecule has 0 spiro atoms. The van der Waals surface area contributed by atoms with E-state index in [1.54, 1.807) is 38.3 Å². The molecule has 5 nitrogen and oxygen atoms in total. The maximum absolute atomic E-state index is 11.5. The zero-order valence-corrected chi connectivity index (χ0v) is 9.64. The van der Waals surface area contributed by atoms with E-state index in [0.29, 0.717) is 9.75 Å². The van der Waals surface area contributed by atoms with Gasteiger partial charge in [-0.3, -0.25) is 15.0 Å². The molecule has 0 unspecified atom stereocenters. The molecule has 1 heterocycles. The van der Waals surface area contributed by atoms with E-state index in [9.17, 15) is 9.59 Å². The van der Waals surface area contributed by atoms with Gasteiger partial charge in [0.2, 0.25) is 0 Å². The fourth-order valence-corrected chi connectivity index (χ4v) is 1.81. The summed E-state index contributed by atoms with van der Waals surface area (Å²) in [6.07, 6.45) is 0. The number of hydrogen-bond acceptors (Lipinski definition) is 4. The predicted molar refractivity (Wildman–Crippen MR) is 58.9 cm³/mol. The van der Waals surface area contributed by atoms with Crippen LogP contribution in [0.3, 0.4) is 0 Å². The first-order valence-electron chi connectivity index (χ1n) is 4.35. The second-order valence-corrected chi connectivity index (χ2v) is 4.16. The summed E-state index contributed by atoms with van der Waals surface area (Å²) < 4.78 is 0. The van der Waals surface area contributed by atoms with E-state index in [4.69, 9.17) is 0 Å². The summed E-state index contributed by atoms with van der Waals surface area (Å²) in [5, 5.41) is 4.06. The highest BCUT2D eigenvalue weighted by Gasteiger charge is 2.12. The zero-order valence-electron chi connectivity index (χ0n) is 8.83. The minimum atomic E-state index is -0.208. The largest absolute Gasteiger partial charge is 0.354 e. The number of rotatable bonds is 3. The molecule has 82 valence electrons. The molecule has 1 aromatic rings. The molecular formula is C9H13N3O2S. The molecule has 0 saturated heterocycles. The SMILES string of the molecule is CNC(=O)c1ccc(C(=O)NN(C)C)s1. The summed E-state index contributed by atoms with van der Waals surface area (Å²) in [4.78, 5) is 23.8. The van der Waals surface area contributed by atoms with Gasteiger partial charge in [0, 0.05) is 21.1 Å². The topological polar surface area (TPSA) is 61.4 Å². The van der Waals surface area contributed by atoms with Crippen LogP contribution in [0.15, 0.2) is 12.1 Å². The first kappa shape index (κ1) is 11.7. The van der Waals surface area contributed by atoms with E-state index in [1.165, 1.54) is 0 Å². The smallest absolute Gasteiger partial charge is 0.275 e. The molecule has 0 atom stereocenters. The fraction of sp³-hybridized carbons (Fsp3) is 0.333. The van der Waals surface area contributed by atoms with Crippen LogP contribution in [-0.2, 0) is 0 Å². The lowest BCUT2D eigenvalue weighted by atomic mass is 10.4. The molecule has 0 bridgehead atoms. The van der Waals surface area contributed by atoms with Gasteiger partial charge in [-0.15, -0.1) is 11.3 Å². The van der Waals surface area contributed by atoms with Crippen molar-refractivity contribution >= 4 is 23.2 Å². The number of carbonyl (C=O) groups excluding carboxylic acids is 2. The van der Waals surface area contributed by atoms with E-state index in [0.717, 1.165) is 11.3 Å². The van der Waals surface area contributed by atoms with Gasteiger partial charge in [0.25, 0.3) is 11.8 Å². The van der Waals surface area contributed by atoms with E-state index in [1.807, 2.05) is 0 Å². The van der Waals surface area contributed by atoms with Crippen LogP contribution in [-0.4, -0.2) is 38.0 Å². The molecule has 6 heteroatoms. The molecule has 0 aromatic carbocycles. The molecule has 2 amide bonds. The predicted octanol–water partition coefficient (Wildman–Crippen LogP) is 0.314. The summed E-state index contributed by atoms with van der Waals surface area (Å²) in [5.74, 6) is -0.385. The Morgan fingerprint density at radius 3 is 2.20 bits per heavy atom. The van der Waals surface area contributed by atoms with Crippen LogP contribution in [0.4, 0.5) is 0 Å². The number of amides is 2. The van der Waals surface area contributed by atoms with Crippen LogP contribution in [0.2, 0.25) is 0 Å². The number of nitrogens with zero attached hydrogens (tertiary/aromatic N) is 1. The molecule has 15 heavy (non-hydrogen) atoms. The van der Waals surface area contributed by atoms with Gasteiger partial charge < -0.3 is 5.32 Å². The number of thiophene rings is 1. The minimum Gasteiger partial charge on any atom is -0.354 e. The molecule has 0 fully saturated rings. The standard InChI is InChI=1S/C9H13N3O2S/c1-10-8(13)6-4-5-7(15-6)9(14)11-12(2)3/h4-5H,1-3H3,(H,10,13)(H,11,14). The number of nitrogens with one attached hydrogen (secondary N) is 2. The lowest BCUT2D eigenvalue weighted by Gasteiger charge is -2.09. The Morgan fingerprint density at radius 1 is 1.20 bits per heavy atom. The summed E-state index contributed by atoms with van der Waals surface area (Å²) >= 11 is 1.16. The van der Waals surface area contributed by atoms with Crippen molar-refractivity contribution in [1.82, 2.24) is 15.8 Å². The Morgan fingerprint density at radius 2 is 1.73 bits per heavy atom. The third-order valence-corrected chi connectivity index (χ3v) is 2.69. The molecule has 0 radical (unpaired) electrons. The van der Waals surface area contributed by atoms with Crippen molar-refractivity contribution in [2.75, 3.05) is 21.1 Å². The van der Waals surface area contributed by atoms with Crippen molar-refractivity contribution in [3.63, 3.8) is 0 Å². The van der Waals surface area contributed by atoms with Crippen molar-refractivity contribution < 1.29 is 9.59 Å². The van der Waals surface area contributed by atoms with Crippen molar-refractivity contribution in [2.24, 2.45) is 0 Å². The van der Waals surface area contributed by atoms with Gasteiger partial charge in [-0.05, 0) is 12.1 Å². The summed E-state index contributed by atoms with van der Waals surface area (Å²) in [7, 11) is 5.01. The van der Waals surface area contributed by atoms with Gasteiger partial charge in [0.1, 0.15) is 0 Å². The van der Waals surface area contributed by atoms with Crippen LogP contribution in [0.1, 0.15) is 19.3 Å². The molecule has 1 aromatic heterocycles. The van der Waals surface area contributed by atoms with E-state index < -0.39 is 0 Å². The maximum Gasteiger partial charge on any atom is 0.275 e. The molecule has 2 N–H and O–H groups in total. The monoisotopic (exact) mass is 227 g/mol. The van der Waals surface area contributed by atoms with E-state index in [-0.39, 0.29) is 11.8 Å². The van der Waals surface area contributed by atoms with E-state index >= 15 is 0 Å². The Balaban J connectivity index is 2.75. The molecule has 1 rings (SSSR count). The van der Waals surface area contributed by atoms with E-state index in [2.05, 4.69) is 10.7 Å². The van der Waals surface area contributed by atoms with Crippen LogP contribution >= 0.6 is 11.3 Å². The summed E-state index contributed by atoms with van der Waals surface area (Å²) in [6, 6.07) is 3.27. The van der Waals surface area contributed by atoms with Crippen LogP contribution in [0.25, 0.3) is 0 Å². The fourth-order valence-electron chi connectivity index (χ4n) is 0.963. The van der Waals surface area contributed by atoms with Gasteiger partial charge in [0.05, 0.1) is 9.75 Å². The van der Waals surface area contributed by atoms with Gasteiger partial charge in [-0.2, -0.15) is 0 Å². The van der Waals surface area contributed by atoms with Crippen molar-refractivity contribution in [2.45, 2.75) is 0 Å². The first-order valence-corrected chi connectivity index (χ1v) is 5.16. The lowest BCUT2D eigenvalue weighted by Crippen LogP contribution is -2.35. The normalized spacial score (nSPS) is 10.1. The molecular weight excluding hydrogens is 214 g/mol. The molecule has 0 aliphatic heterocycles. The molecule has 0 saturated carbocycles. The number of hydrazine groups is 1. The van der Waals surface area contributed by atoms with Gasteiger partial charge in [-0.1, -0.05) is 0 Å². The third kappa shape index (κ3) is 3.03. The Hall–Kier alpha value is -1.40. The second-order valence-electron chi connectivity index (χ2n) is 3.08. The van der Waals surface area contributed by atoms with Crippen LogP contribution in [0, 0.1) is 0 Å². The zero-order chi connectivity index (χ0) is 11.4. The molecule has 0 aliphatic carbocycles. The van der Waals surface area contributed by atoms with Crippen molar-refractivity contribution in [3.8, 4) is 0 Å². The lowest BCUT2D eigenvalue weighted by molar-refractivity contribution is 0.0861. The molecule has 0 aliphatic rings. The second kappa shape index (κ2) is 4.90. The van der Waals surface area contributed by atoms with Crippen LogP contribution in [0.5, 0.6) is 0 Å². The maximum atomic E-state index is 11.5. The highest BCUT2D eigenvalue weighted by Crippen LogP contribution is 2.15. The van der Waals surface area contributed by atoms with Gasteiger partial charge in [0.15, 0.2) is 0 Å². The summed E-state index contributed by atoms with van der Waals surface area (Å²) in [6.45, 7) is 0. The van der Waals surface area contributed by atoms with Gasteiger partial charge in [-0.25, -0.2) is 5.01 Å². The van der Waals surface area contributed by atoms with Crippen molar-refractivity contribution in [3.05, 3.63) is 21.9 Å². The minimum absolute atomic E-state index is 0.177. The highest BCUT2D eigenvalue weighted by molar-refractivity contribution is 7.15. The first-order chi connectivity index (χ1) is 7.04. The van der Waals surface area contributed by atoms with Gasteiger partial charge >= 0.3 is 0 Å². The third-order valence-electron chi connectivity index (χ3n) is 1.61. The Kier molecular flexibility index (Phi) is 3.81. The average molecular weight is 227 g/mol. The van der Waals surface area contributed by atoms with Crippen LogP contribution < -0.4 is 10.7 Å².